The van der Waals surface area contributed by atoms with Gasteiger partial charge < -0.3 is 9.47 Å². The summed E-state index contributed by atoms with van der Waals surface area (Å²) >= 11 is 0. The number of carbonyl (C=O) groups is 2. The van der Waals surface area contributed by atoms with Gasteiger partial charge in [-0.2, -0.15) is 0 Å². The van der Waals surface area contributed by atoms with Crippen molar-refractivity contribution in [1.82, 2.24) is 0 Å². The van der Waals surface area contributed by atoms with E-state index < -0.39 is 17.5 Å². The van der Waals surface area contributed by atoms with Crippen LogP contribution < -0.4 is 0 Å². The lowest BCUT2D eigenvalue weighted by Crippen LogP contribution is -2.70. The monoisotopic (exact) mass is 420 g/mol. The van der Waals surface area contributed by atoms with E-state index in [0.717, 1.165) is 25.7 Å². The fraction of sp³-hybridized carbons (Fsp3) is 0.833. The summed E-state index contributed by atoms with van der Waals surface area (Å²) < 4.78 is 10.4. The van der Waals surface area contributed by atoms with Crippen molar-refractivity contribution in [3.63, 3.8) is 0 Å². The van der Waals surface area contributed by atoms with Gasteiger partial charge in [0.05, 0.1) is 7.11 Å². The second-order valence-electron chi connectivity index (χ2n) is 11.1. The Morgan fingerprint density at radius 3 is 2.37 bits per heavy atom. The van der Waals surface area contributed by atoms with Crippen molar-refractivity contribution in [3.05, 3.63) is 12.2 Å². The summed E-state index contributed by atoms with van der Waals surface area (Å²) in [6, 6.07) is 0. The molecule has 0 aromatic carbocycles. The largest absolute Gasteiger partial charge is 0.469 e. The molecule has 30 heavy (non-hydrogen) atoms. The molecule has 1 spiro atoms. The van der Waals surface area contributed by atoms with Crippen LogP contribution in [-0.2, 0) is 28.8 Å². The third-order valence-corrected chi connectivity index (χ3v) is 8.73. The highest BCUT2D eigenvalue weighted by molar-refractivity contribution is 5.91. The average molecular weight is 421 g/mol. The van der Waals surface area contributed by atoms with E-state index in [-0.39, 0.29) is 29.0 Å². The zero-order valence-electron chi connectivity index (χ0n) is 19.2. The molecule has 168 valence electrons. The normalized spacial score (nSPS) is 43.6. The number of fused-ring (bicyclic) bond motifs is 2. The number of methoxy groups -OCH3 is 1. The highest BCUT2D eigenvalue weighted by Gasteiger charge is 2.70. The van der Waals surface area contributed by atoms with Crippen LogP contribution in [0.15, 0.2) is 12.2 Å². The second-order valence-corrected chi connectivity index (χ2v) is 11.1. The van der Waals surface area contributed by atoms with Gasteiger partial charge in [0.25, 0.3) is 0 Å². The maximum absolute atomic E-state index is 12.3. The van der Waals surface area contributed by atoms with Gasteiger partial charge in [-0.05, 0) is 61.3 Å². The van der Waals surface area contributed by atoms with E-state index in [4.69, 9.17) is 14.5 Å². The first-order chi connectivity index (χ1) is 14.0. The summed E-state index contributed by atoms with van der Waals surface area (Å²) in [5, 5.41) is 0. The van der Waals surface area contributed by atoms with Crippen LogP contribution in [0.3, 0.4) is 0 Å². The molecular formula is C24H36O6. The van der Waals surface area contributed by atoms with Crippen LogP contribution in [0.2, 0.25) is 0 Å². The maximum Gasteiger partial charge on any atom is 0.317 e. The summed E-state index contributed by atoms with van der Waals surface area (Å²) in [6.07, 6.45) is 8.60. The van der Waals surface area contributed by atoms with Crippen molar-refractivity contribution < 1.29 is 28.8 Å². The van der Waals surface area contributed by atoms with Crippen LogP contribution in [0.1, 0.15) is 73.1 Å². The molecular weight excluding hydrogens is 384 g/mol. The van der Waals surface area contributed by atoms with Crippen LogP contribution in [0, 0.1) is 28.6 Å². The summed E-state index contributed by atoms with van der Waals surface area (Å²) in [6.45, 7) is 11.2. The van der Waals surface area contributed by atoms with Gasteiger partial charge in [-0.25, -0.2) is 9.78 Å². The fourth-order valence-corrected chi connectivity index (χ4v) is 7.19. The Balaban J connectivity index is 1.64. The maximum atomic E-state index is 12.3. The van der Waals surface area contributed by atoms with Gasteiger partial charge in [0, 0.05) is 5.41 Å². The smallest absolute Gasteiger partial charge is 0.317 e. The number of esters is 2. The number of rotatable bonds is 4. The molecule has 2 saturated carbocycles. The first kappa shape index (κ1) is 21.8. The molecule has 6 unspecified atom stereocenters. The Morgan fingerprint density at radius 2 is 1.77 bits per heavy atom. The van der Waals surface area contributed by atoms with Crippen LogP contribution in [0.25, 0.3) is 0 Å². The number of hydrogen-bond acceptors (Lipinski definition) is 6. The predicted molar refractivity (Wildman–Crippen MR) is 110 cm³/mol. The SMILES string of the molecule is COC(=O)CC(=O)OC1CC(C)(C)C2CCC3CC4(C(C)C)C=CC3(OO4)C2(C)C1. The molecule has 0 aromatic heterocycles. The summed E-state index contributed by atoms with van der Waals surface area (Å²) in [5.74, 6) is 0.0652. The second kappa shape index (κ2) is 7.06. The molecule has 5 aliphatic rings. The zero-order chi connectivity index (χ0) is 21.9. The predicted octanol–water partition coefficient (Wildman–Crippen LogP) is 4.37. The van der Waals surface area contributed by atoms with Crippen LogP contribution in [-0.4, -0.2) is 36.4 Å². The Labute approximate surface area is 179 Å². The number of ether oxygens (including phenoxy) is 2. The minimum absolute atomic E-state index is 0.0236. The zero-order valence-corrected chi connectivity index (χ0v) is 19.2. The lowest BCUT2D eigenvalue weighted by atomic mass is 9.42. The van der Waals surface area contributed by atoms with Crippen LogP contribution >= 0.6 is 0 Å². The minimum Gasteiger partial charge on any atom is -0.469 e. The molecule has 0 radical (unpaired) electrons. The van der Waals surface area contributed by atoms with E-state index in [1.165, 1.54) is 7.11 Å². The highest BCUT2D eigenvalue weighted by atomic mass is 17.2. The molecule has 0 amide bonds. The molecule has 5 rings (SSSR count). The van der Waals surface area contributed by atoms with E-state index in [2.05, 4.69) is 51.5 Å². The molecule has 3 fully saturated rings. The standard InChI is InChI=1S/C24H36O6/c1-15(2)23-9-10-24(30-29-23)16(12-23)7-8-18-21(3,4)13-17(14-22(18,24)5)28-20(26)11-19(25)27-6/h9-10,15-18H,7-8,11-14H2,1-6H3. The lowest BCUT2D eigenvalue weighted by molar-refractivity contribution is -0.479. The topological polar surface area (TPSA) is 71.1 Å². The summed E-state index contributed by atoms with van der Waals surface area (Å²) in [4.78, 5) is 36.2. The van der Waals surface area contributed by atoms with Crippen molar-refractivity contribution in [3.8, 4) is 0 Å². The van der Waals surface area contributed by atoms with E-state index in [0.29, 0.717) is 24.2 Å². The molecule has 2 aliphatic heterocycles. The average Bonchev–Trinajstić information content (AvgIpc) is 2.66. The third kappa shape index (κ3) is 3.05. The van der Waals surface area contributed by atoms with E-state index in [1.807, 2.05) is 0 Å². The van der Waals surface area contributed by atoms with E-state index in [9.17, 15) is 9.59 Å². The van der Waals surface area contributed by atoms with Crippen molar-refractivity contribution in [1.29, 1.82) is 0 Å². The van der Waals surface area contributed by atoms with Gasteiger partial charge in [-0.1, -0.05) is 40.7 Å². The molecule has 0 aromatic rings. The van der Waals surface area contributed by atoms with Crippen molar-refractivity contribution >= 4 is 11.9 Å². The molecule has 2 bridgehead atoms. The summed E-state index contributed by atoms with van der Waals surface area (Å²) in [7, 11) is 1.28. The Bertz CT molecular complexity index is 757. The molecule has 2 heterocycles. The molecule has 0 N–H and O–H groups in total. The van der Waals surface area contributed by atoms with Crippen molar-refractivity contribution in [2.45, 2.75) is 90.4 Å². The van der Waals surface area contributed by atoms with Crippen molar-refractivity contribution in [2.75, 3.05) is 7.11 Å². The molecule has 3 aliphatic carbocycles. The van der Waals surface area contributed by atoms with E-state index in [1.54, 1.807) is 0 Å². The Morgan fingerprint density at radius 1 is 1.03 bits per heavy atom. The molecule has 1 saturated heterocycles. The molecule has 6 nitrogen and oxygen atoms in total. The Hall–Kier alpha value is -1.40. The lowest BCUT2D eigenvalue weighted by Gasteiger charge is -2.68. The van der Waals surface area contributed by atoms with Crippen molar-refractivity contribution in [2.24, 2.45) is 28.6 Å². The fourth-order valence-electron chi connectivity index (χ4n) is 7.19. The van der Waals surface area contributed by atoms with Gasteiger partial charge in [0.15, 0.2) is 0 Å². The number of hydrogen-bond donors (Lipinski definition) is 0. The van der Waals surface area contributed by atoms with Gasteiger partial charge in [0.2, 0.25) is 0 Å². The van der Waals surface area contributed by atoms with Gasteiger partial charge in [-0.15, -0.1) is 0 Å². The summed E-state index contributed by atoms with van der Waals surface area (Å²) in [5.41, 5.74) is -1.10. The number of carbonyl (C=O) groups excluding carboxylic acids is 2. The molecule has 6 heteroatoms. The molecule has 6 atom stereocenters. The first-order valence-corrected chi connectivity index (χ1v) is 11.3. The van der Waals surface area contributed by atoms with Crippen LogP contribution in [0.4, 0.5) is 0 Å². The van der Waals surface area contributed by atoms with E-state index >= 15 is 0 Å². The van der Waals surface area contributed by atoms with Crippen LogP contribution in [0.5, 0.6) is 0 Å². The quantitative estimate of drug-likeness (QED) is 0.291. The van der Waals surface area contributed by atoms with Gasteiger partial charge >= 0.3 is 11.9 Å². The first-order valence-electron chi connectivity index (χ1n) is 11.3. The van der Waals surface area contributed by atoms with Gasteiger partial charge in [0.1, 0.15) is 23.7 Å². The highest BCUT2D eigenvalue weighted by Crippen LogP contribution is 2.68. The minimum atomic E-state index is -0.570. The third-order valence-electron chi connectivity index (χ3n) is 8.73. The van der Waals surface area contributed by atoms with Gasteiger partial charge in [-0.3, -0.25) is 9.59 Å². The Kier molecular flexibility index (Phi) is 5.13.